The number of rotatable bonds is 6. The van der Waals surface area contributed by atoms with Crippen molar-refractivity contribution in [1.29, 1.82) is 0 Å². The van der Waals surface area contributed by atoms with Gasteiger partial charge in [0.15, 0.2) is 5.69 Å². The van der Waals surface area contributed by atoms with Crippen LogP contribution in [0.5, 0.6) is 0 Å². The van der Waals surface area contributed by atoms with Gasteiger partial charge in [-0.2, -0.15) is 18.3 Å². The smallest absolute Gasteiger partial charge is 0.348 e. The molecule has 2 aliphatic heterocycles. The van der Waals surface area contributed by atoms with Crippen LogP contribution in [0, 0.1) is 0 Å². The van der Waals surface area contributed by atoms with Gasteiger partial charge in [0.2, 0.25) is 0 Å². The van der Waals surface area contributed by atoms with Crippen LogP contribution in [-0.4, -0.2) is 57.1 Å². The van der Waals surface area contributed by atoms with Crippen LogP contribution in [-0.2, 0) is 25.8 Å². The summed E-state index contributed by atoms with van der Waals surface area (Å²) in [6.45, 7) is 3.61. The minimum atomic E-state index is -4.40. The number of piperidine rings is 1. The highest BCUT2D eigenvalue weighted by Gasteiger charge is 2.31. The summed E-state index contributed by atoms with van der Waals surface area (Å²) in [4.78, 5) is 29.8. The fraction of sp³-hybridized carbons (Fsp3) is 0.370. The van der Waals surface area contributed by atoms with Crippen LogP contribution in [0.2, 0.25) is 0 Å². The first-order valence-corrected chi connectivity index (χ1v) is 12.4. The number of halogens is 3. The number of fused-ring (bicyclic) bond motifs is 1. The first-order valence-electron chi connectivity index (χ1n) is 12.4. The number of nitrogens with zero attached hydrogens (tertiary/aromatic N) is 4. The van der Waals surface area contributed by atoms with Crippen LogP contribution in [0.4, 0.5) is 13.2 Å². The topological polar surface area (TPSA) is 70.5 Å². The van der Waals surface area contributed by atoms with Gasteiger partial charge in [-0.25, -0.2) is 0 Å². The molecule has 37 heavy (non-hydrogen) atoms. The summed E-state index contributed by atoms with van der Waals surface area (Å²) in [6.07, 6.45) is -2.72. The van der Waals surface area contributed by atoms with Crippen LogP contribution >= 0.6 is 0 Å². The average molecular weight is 512 g/mol. The Hall–Kier alpha value is -3.66. The Bertz CT molecular complexity index is 1250. The molecule has 10 heteroatoms. The molecule has 1 N–H and O–H groups in total. The van der Waals surface area contributed by atoms with Gasteiger partial charge in [-0.1, -0.05) is 42.5 Å². The zero-order chi connectivity index (χ0) is 26.0. The Labute approximate surface area is 212 Å². The van der Waals surface area contributed by atoms with Crippen molar-refractivity contribution in [3.63, 3.8) is 0 Å². The summed E-state index contributed by atoms with van der Waals surface area (Å²) in [5.74, 6) is -0.600. The van der Waals surface area contributed by atoms with E-state index in [1.54, 1.807) is 4.90 Å². The lowest BCUT2D eigenvalue weighted by atomic mass is 10.0. The van der Waals surface area contributed by atoms with Gasteiger partial charge >= 0.3 is 6.18 Å². The third-order valence-electron chi connectivity index (χ3n) is 6.93. The van der Waals surface area contributed by atoms with E-state index < -0.39 is 11.7 Å². The molecule has 1 aromatic heterocycles. The lowest BCUT2D eigenvalue weighted by Crippen LogP contribution is -2.44. The largest absolute Gasteiger partial charge is 0.416 e. The molecule has 1 fully saturated rings. The predicted octanol–water partition coefficient (Wildman–Crippen LogP) is 3.95. The molecule has 194 valence electrons. The number of nitrogens with one attached hydrogen (secondary N) is 1. The Morgan fingerprint density at radius 3 is 2.27 bits per heavy atom. The lowest BCUT2D eigenvalue weighted by Gasteiger charge is -2.32. The van der Waals surface area contributed by atoms with E-state index in [2.05, 4.69) is 27.4 Å². The quantitative estimate of drug-likeness (QED) is 0.544. The summed E-state index contributed by atoms with van der Waals surface area (Å²) in [5.41, 5.74) is 1.65. The summed E-state index contributed by atoms with van der Waals surface area (Å²) >= 11 is 0. The Kier molecular flexibility index (Phi) is 7.01. The third kappa shape index (κ3) is 5.85. The number of hydrogen-bond acceptors (Lipinski definition) is 4. The number of amides is 2. The number of hydrogen-bond donors (Lipinski definition) is 1. The maximum atomic E-state index is 13.0. The number of likely N-dealkylation sites (tertiary alicyclic amines) is 1. The van der Waals surface area contributed by atoms with Crippen molar-refractivity contribution in [1.82, 2.24) is 24.9 Å². The first-order chi connectivity index (χ1) is 17.8. The molecule has 0 bridgehead atoms. The van der Waals surface area contributed by atoms with E-state index in [0.717, 1.165) is 44.6 Å². The summed E-state index contributed by atoms with van der Waals surface area (Å²) < 4.78 is 40.0. The fourth-order valence-electron chi connectivity index (χ4n) is 4.86. The van der Waals surface area contributed by atoms with Crippen molar-refractivity contribution in [2.24, 2.45) is 0 Å². The highest BCUT2D eigenvalue weighted by atomic mass is 19.4. The average Bonchev–Trinajstić information content (AvgIpc) is 3.33. The SMILES string of the molecule is O=C(NC1CCN(Cc2ccccc2)CC1)c1cc2n(n1)CCN(Cc1ccc(C(F)(F)F)cc1)C2=O. The maximum Gasteiger partial charge on any atom is 0.416 e. The molecular formula is C27H28F3N5O2. The molecule has 0 aliphatic carbocycles. The second-order valence-electron chi connectivity index (χ2n) is 9.57. The molecule has 0 atom stereocenters. The Morgan fingerprint density at radius 2 is 1.59 bits per heavy atom. The zero-order valence-electron chi connectivity index (χ0n) is 20.2. The monoisotopic (exact) mass is 511 g/mol. The molecule has 0 spiro atoms. The molecule has 0 saturated carbocycles. The standard InChI is InChI=1S/C27H28F3N5O2/c28-27(29,30)21-8-6-20(7-9-21)18-34-14-15-35-24(26(34)37)16-23(32-35)25(36)31-22-10-12-33(13-11-22)17-19-4-2-1-3-5-19/h1-9,16,22H,10-15,17-18H2,(H,31,36). The number of carbonyl (C=O) groups excluding carboxylic acids is 2. The van der Waals surface area contributed by atoms with Crippen LogP contribution < -0.4 is 5.32 Å². The molecule has 7 nitrogen and oxygen atoms in total. The fourth-order valence-corrected chi connectivity index (χ4v) is 4.86. The van der Waals surface area contributed by atoms with Crippen molar-refractivity contribution in [2.45, 2.75) is 44.7 Å². The molecule has 2 aromatic carbocycles. The van der Waals surface area contributed by atoms with Crippen molar-refractivity contribution >= 4 is 11.8 Å². The van der Waals surface area contributed by atoms with Crippen molar-refractivity contribution in [3.05, 3.63) is 88.7 Å². The number of benzene rings is 2. The van der Waals surface area contributed by atoms with Gasteiger partial charge in [0.1, 0.15) is 5.69 Å². The summed E-state index contributed by atoms with van der Waals surface area (Å²) in [6, 6.07) is 16.6. The Balaban J connectivity index is 1.15. The van der Waals surface area contributed by atoms with E-state index in [1.807, 2.05) is 18.2 Å². The summed E-state index contributed by atoms with van der Waals surface area (Å²) in [7, 11) is 0. The highest BCUT2D eigenvalue weighted by molar-refractivity contribution is 5.98. The number of aromatic nitrogens is 2. The van der Waals surface area contributed by atoms with Gasteiger partial charge in [-0.05, 0) is 36.1 Å². The van der Waals surface area contributed by atoms with Gasteiger partial charge in [0.05, 0.1) is 12.1 Å². The zero-order valence-corrected chi connectivity index (χ0v) is 20.2. The molecule has 3 aromatic rings. The molecule has 5 rings (SSSR count). The molecule has 0 radical (unpaired) electrons. The number of alkyl halides is 3. The van der Waals surface area contributed by atoms with Crippen LogP contribution in [0.3, 0.4) is 0 Å². The van der Waals surface area contributed by atoms with E-state index in [4.69, 9.17) is 0 Å². The van der Waals surface area contributed by atoms with Gasteiger partial charge in [0.25, 0.3) is 11.8 Å². The van der Waals surface area contributed by atoms with E-state index in [-0.39, 0.29) is 30.1 Å². The lowest BCUT2D eigenvalue weighted by molar-refractivity contribution is -0.137. The van der Waals surface area contributed by atoms with Gasteiger partial charge < -0.3 is 10.2 Å². The van der Waals surface area contributed by atoms with Crippen LogP contribution in [0.25, 0.3) is 0 Å². The van der Waals surface area contributed by atoms with Gasteiger partial charge in [0, 0.05) is 44.8 Å². The molecule has 2 amide bonds. The second-order valence-corrected chi connectivity index (χ2v) is 9.57. The molecule has 2 aliphatic rings. The first kappa shape index (κ1) is 25.0. The predicted molar refractivity (Wildman–Crippen MR) is 131 cm³/mol. The van der Waals surface area contributed by atoms with Crippen molar-refractivity contribution in [3.8, 4) is 0 Å². The molecule has 0 unspecified atom stereocenters. The van der Waals surface area contributed by atoms with Gasteiger partial charge in [-0.15, -0.1) is 0 Å². The van der Waals surface area contributed by atoms with E-state index in [1.165, 1.54) is 28.4 Å². The van der Waals surface area contributed by atoms with E-state index >= 15 is 0 Å². The minimum absolute atomic E-state index is 0.0464. The molecular weight excluding hydrogens is 483 g/mol. The minimum Gasteiger partial charge on any atom is -0.348 e. The number of carbonyl (C=O) groups is 2. The maximum absolute atomic E-state index is 13.0. The summed E-state index contributed by atoms with van der Waals surface area (Å²) in [5, 5.41) is 7.39. The Morgan fingerprint density at radius 1 is 0.919 bits per heavy atom. The van der Waals surface area contributed by atoms with Crippen LogP contribution in [0.1, 0.15) is 50.5 Å². The van der Waals surface area contributed by atoms with Crippen molar-refractivity contribution in [2.75, 3.05) is 19.6 Å². The second kappa shape index (κ2) is 10.4. The van der Waals surface area contributed by atoms with Gasteiger partial charge in [-0.3, -0.25) is 19.2 Å². The van der Waals surface area contributed by atoms with Crippen LogP contribution in [0.15, 0.2) is 60.7 Å². The highest BCUT2D eigenvalue weighted by Crippen LogP contribution is 2.29. The third-order valence-corrected chi connectivity index (χ3v) is 6.93. The van der Waals surface area contributed by atoms with E-state index in [0.29, 0.717) is 24.3 Å². The molecule has 3 heterocycles. The van der Waals surface area contributed by atoms with Crippen molar-refractivity contribution < 1.29 is 22.8 Å². The van der Waals surface area contributed by atoms with E-state index in [9.17, 15) is 22.8 Å². The molecule has 1 saturated heterocycles. The normalized spacial score (nSPS) is 17.1.